The van der Waals surface area contributed by atoms with Gasteiger partial charge in [-0.1, -0.05) is 36.4 Å². The number of ether oxygens (including phenoxy) is 1. The summed E-state index contributed by atoms with van der Waals surface area (Å²) in [6, 6.07) is 13.5. The van der Waals surface area contributed by atoms with Gasteiger partial charge in [-0.25, -0.2) is 4.79 Å². The van der Waals surface area contributed by atoms with E-state index in [9.17, 15) is 9.59 Å². The number of fused-ring (bicyclic) bond motifs is 1. The van der Waals surface area contributed by atoms with Crippen LogP contribution in [0.4, 0.5) is 10.5 Å². The zero-order valence-corrected chi connectivity index (χ0v) is 19.1. The number of rotatable bonds is 3. The van der Waals surface area contributed by atoms with Gasteiger partial charge in [0.1, 0.15) is 5.60 Å². The molecule has 29 heavy (non-hydrogen) atoms. The average molecular weight is 504 g/mol. The van der Waals surface area contributed by atoms with E-state index in [0.29, 0.717) is 0 Å². The lowest BCUT2D eigenvalue weighted by atomic mass is 9.80. The summed E-state index contributed by atoms with van der Waals surface area (Å²) in [4.78, 5) is 24.3. The summed E-state index contributed by atoms with van der Waals surface area (Å²) < 4.78 is 6.56. The molecule has 0 saturated carbocycles. The maximum Gasteiger partial charge on any atom is 0.408 e. The highest BCUT2D eigenvalue weighted by molar-refractivity contribution is 14.1. The van der Waals surface area contributed by atoms with Crippen LogP contribution in [-0.4, -0.2) is 17.6 Å². The summed E-state index contributed by atoms with van der Waals surface area (Å²) >= 11 is 2.25. The van der Waals surface area contributed by atoms with Crippen molar-refractivity contribution in [3.8, 4) is 0 Å². The summed E-state index contributed by atoms with van der Waals surface area (Å²) in [5, 5.41) is 5.97. The maximum atomic E-state index is 12.6. The van der Waals surface area contributed by atoms with Crippen molar-refractivity contribution in [2.24, 2.45) is 0 Å². The SMILES string of the molecule is CC(=O)Nc1ccc(I)cc1[C@H]1C=Cc2ccccc2[C@H]1NC(=O)OC(C)(C)C. The van der Waals surface area contributed by atoms with Crippen molar-refractivity contribution in [3.05, 3.63) is 68.8 Å². The minimum atomic E-state index is -0.590. The van der Waals surface area contributed by atoms with Gasteiger partial charge in [-0.3, -0.25) is 4.79 Å². The van der Waals surface area contributed by atoms with E-state index in [4.69, 9.17) is 4.74 Å². The topological polar surface area (TPSA) is 67.4 Å². The van der Waals surface area contributed by atoms with Crippen LogP contribution in [0, 0.1) is 3.57 Å². The van der Waals surface area contributed by atoms with E-state index in [2.05, 4.69) is 45.4 Å². The first-order chi connectivity index (χ1) is 13.6. The Bertz CT molecular complexity index is 963. The third-order valence-corrected chi connectivity index (χ3v) is 5.20. The molecule has 152 valence electrons. The highest BCUT2D eigenvalue weighted by atomic mass is 127. The molecule has 5 nitrogen and oxygen atoms in total. The zero-order chi connectivity index (χ0) is 21.2. The largest absolute Gasteiger partial charge is 0.444 e. The van der Waals surface area contributed by atoms with Crippen LogP contribution >= 0.6 is 22.6 Å². The molecule has 3 rings (SSSR count). The average Bonchev–Trinajstić information content (AvgIpc) is 2.62. The highest BCUT2D eigenvalue weighted by Gasteiger charge is 2.32. The van der Waals surface area contributed by atoms with E-state index in [0.717, 1.165) is 25.9 Å². The Balaban J connectivity index is 2.04. The third kappa shape index (κ3) is 5.38. The number of hydrogen-bond donors (Lipinski definition) is 2. The van der Waals surface area contributed by atoms with E-state index in [1.165, 1.54) is 6.92 Å². The normalized spacial score (nSPS) is 18.0. The fourth-order valence-corrected chi connectivity index (χ4v) is 3.97. The van der Waals surface area contributed by atoms with Crippen molar-refractivity contribution in [3.63, 3.8) is 0 Å². The predicted octanol–water partition coefficient (Wildman–Crippen LogP) is 5.63. The molecule has 0 saturated heterocycles. The second-order valence-electron chi connectivity index (χ2n) is 8.05. The Morgan fingerprint density at radius 2 is 1.79 bits per heavy atom. The second-order valence-corrected chi connectivity index (χ2v) is 9.30. The van der Waals surface area contributed by atoms with Crippen LogP contribution in [0.25, 0.3) is 6.08 Å². The van der Waals surface area contributed by atoms with Crippen LogP contribution in [0.2, 0.25) is 0 Å². The second kappa shape index (κ2) is 8.57. The zero-order valence-electron chi connectivity index (χ0n) is 17.0. The first-order valence-electron chi connectivity index (χ1n) is 9.48. The van der Waals surface area contributed by atoms with E-state index in [1.807, 2.05) is 63.2 Å². The van der Waals surface area contributed by atoms with Crippen LogP contribution in [0.15, 0.2) is 48.5 Å². The molecular formula is C23H25IN2O3. The minimum absolute atomic E-state index is 0.135. The Labute approximate surface area is 185 Å². The van der Waals surface area contributed by atoms with Crippen molar-refractivity contribution in [1.29, 1.82) is 0 Å². The first-order valence-corrected chi connectivity index (χ1v) is 10.6. The quantitative estimate of drug-likeness (QED) is 0.533. The predicted molar refractivity (Wildman–Crippen MR) is 124 cm³/mol. The van der Waals surface area contributed by atoms with Gasteiger partial charge in [0, 0.05) is 22.1 Å². The van der Waals surface area contributed by atoms with Gasteiger partial charge < -0.3 is 15.4 Å². The Morgan fingerprint density at radius 1 is 1.07 bits per heavy atom. The van der Waals surface area contributed by atoms with Crippen LogP contribution in [0.5, 0.6) is 0 Å². The molecule has 2 aromatic rings. The molecule has 0 spiro atoms. The monoisotopic (exact) mass is 504 g/mol. The summed E-state index contributed by atoms with van der Waals surface area (Å²) in [5.41, 5.74) is 3.16. The molecule has 2 N–H and O–H groups in total. The van der Waals surface area contributed by atoms with Gasteiger partial charge in [0.2, 0.25) is 5.91 Å². The number of benzene rings is 2. The van der Waals surface area contributed by atoms with Gasteiger partial charge in [0.25, 0.3) is 0 Å². The van der Waals surface area contributed by atoms with E-state index < -0.39 is 11.7 Å². The Hall–Kier alpha value is -2.35. The number of carbonyl (C=O) groups excluding carboxylic acids is 2. The Morgan fingerprint density at radius 3 is 2.48 bits per heavy atom. The van der Waals surface area contributed by atoms with E-state index in [1.54, 1.807) is 0 Å². The van der Waals surface area contributed by atoms with Gasteiger partial charge in [-0.15, -0.1) is 0 Å². The van der Waals surface area contributed by atoms with Crippen molar-refractivity contribution >= 4 is 46.4 Å². The molecule has 0 unspecified atom stereocenters. The van der Waals surface area contributed by atoms with E-state index >= 15 is 0 Å². The molecule has 0 fully saturated rings. The number of hydrogen-bond acceptors (Lipinski definition) is 3. The van der Waals surface area contributed by atoms with E-state index in [-0.39, 0.29) is 17.9 Å². The molecule has 0 radical (unpaired) electrons. The van der Waals surface area contributed by atoms with Crippen molar-refractivity contribution in [1.82, 2.24) is 5.32 Å². The highest BCUT2D eigenvalue weighted by Crippen LogP contribution is 2.41. The van der Waals surface area contributed by atoms with Gasteiger partial charge >= 0.3 is 6.09 Å². The Kier molecular flexibility index (Phi) is 6.31. The summed E-state index contributed by atoms with van der Waals surface area (Å²) in [6.45, 7) is 7.01. The molecule has 6 heteroatoms. The molecule has 2 amide bonds. The molecule has 0 heterocycles. The molecule has 2 aromatic carbocycles. The smallest absolute Gasteiger partial charge is 0.408 e. The molecule has 0 aliphatic heterocycles. The standard InChI is InChI=1S/C23H25IN2O3/c1-14(27)25-20-12-10-16(24)13-19(20)18-11-9-15-7-5-6-8-17(15)21(18)26-22(28)29-23(2,3)4/h5-13,18,21H,1-4H3,(H,25,27)(H,26,28)/t18-,21-/m1/s1. The van der Waals surface area contributed by atoms with Gasteiger partial charge in [0.05, 0.1) is 6.04 Å². The van der Waals surface area contributed by atoms with Crippen molar-refractivity contribution in [2.45, 2.75) is 45.3 Å². The molecule has 0 bridgehead atoms. The number of halogens is 1. The molecule has 1 aliphatic rings. The number of anilines is 1. The number of carbonyl (C=O) groups is 2. The minimum Gasteiger partial charge on any atom is -0.444 e. The summed E-state index contributed by atoms with van der Waals surface area (Å²) in [6.07, 6.45) is 3.66. The lowest BCUT2D eigenvalue weighted by Gasteiger charge is -2.33. The number of alkyl carbamates (subject to hydrolysis) is 1. The summed E-state index contributed by atoms with van der Waals surface area (Å²) in [5.74, 6) is -0.293. The fourth-order valence-electron chi connectivity index (χ4n) is 3.46. The molecular weight excluding hydrogens is 479 g/mol. The van der Waals surface area contributed by atoms with Crippen LogP contribution < -0.4 is 10.6 Å². The van der Waals surface area contributed by atoms with Crippen LogP contribution in [0.1, 0.15) is 56.3 Å². The molecule has 0 aromatic heterocycles. The van der Waals surface area contributed by atoms with Crippen molar-refractivity contribution < 1.29 is 14.3 Å². The summed E-state index contributed by atoms with van der Waals surface area (Å²) in [7, 11) is 0. The third-order valence-electron chi connectivity index (χ3n) is 4.53. The fraction of sp³-hybridized carbons (Fsp3) is 0.304. The molecule has 1 aliphatic carbocycles. The lowest BCUT2D eigenvalue weighted by molar-refractivity contribution is -0.114. The van der Waals surface area contributed by atoms with Gasteiger partial charge in [-0.05, 0) is 78.3 Å². The maximum absolute atomic E-state index is 12.6. The van der Waals surface area contributed by atoms with Gasteiger partial charge in [0.15, 0.2) is 0 Å². The lowest BCUT2D eigenvalue weighted by Crippen LogP contribution is -2.38. The van der Waals surface area contributed by atoms with Crippen molar-refractivity contribution in [2.75, 3.05) is 5.32 Å². The van der Waals surface area contributed by atoms with Crippen LogP contribution in [0.3, 0.4) is 0 Å². The van der Waals surface area contributed by atoms with Crippen LogP contribution in [-0.2, 0) is 9.53 Å². The number of nitrogens with one attached hydrogen (secondary N) is 2. The number of amides is 2. The molecule has 2 atom stereocenters. The van der Waals surface area contributed by atoms with Gasteiger partial charge in [-0.2, -0.15) is 0 Å². The first kappa shape index (κ1) is 21.4.